The molecule has 0 aliphatic rings. The number of amides is 1. The predicted molar refractivity (Wildman–Crippen MR) is 85.9 cm³/mol. The fraction of sp³-hybridized carbons (Fsp3) is 0.333. The van der Waals surface area contributed by atoms with Crippen LogP contribution in [0.3, 0.4) is 0 Å². The molecule has 22 heavy (non-hydrogen) atoms. The van der Waals surface area contributed by atoms with E-state index in [0.29, 0.717) is 0 Å². The number of carbonyl (C=O) groups is 2. The number of esters is 1. The van der Waals surface area contributed by atoms with Gasteiger partial charge in [-0.25, -0.2) is 9.59 Å². The van der Waals surface area contributed by atoms with Crippen molar-refractivity contribution in [2.45, 2.75) is 12.6 Å². The van der Waals surface area contributed by atoms with E-state index in [1.807, 2.05) is 30.3 Å². The van der Waals surface area contributed by atoms with E-state index in [0.717, 1.165) is 5.56 Å². The van der Waals surface area contributed by atoms with Crippen LogP contribution in [0.25, 0.3) is 0 Å². The van der Waals surface area contributed by atoms with Crippen molar-refractivity contribution in [1.29, 1.82) is 0 Å². The highest BCUT2D eigenvalue weighted by Crippen LogP contribution is 2.01. The number of benzene rings is 1. The van der Waals surface area contributed by atoms with Gasteiger partial charge in [0.15, 0.2) is 0 Å². The van der Waals surface area contributed by atoms with Crippen LogP contribution >= 0.6 is 12.4 Å². The minimum absolute atomic E-state index is 0. The van der Waals surface area contributed by atoms with Crippen LogP contribution in [0.5, 0.6) is 0 Å². The van der Waals surface area contributed by atoms with Crippen molar-refractivity contribution in [3.05, 3.63) is 48.6 Å². The molecule has 1 aromatic rings. The topological polar surface area (TPSA) is 76.7 Å². The molecule has 2 N–H and O–H groups in total. The molecule has 0 spiro atoms. The van der Waals surface area contributed by atoms with Crippen LogP contribution in [0.15, 0.2) is 43.0 Å². The van der Waals surface area contributed by atoms with E-state index in [2.05, 4.69) is 17.2 Å². The normalized spacial score (nSPS) is 10.8. The SMILES string of the molecule is C=CCOC(=O)[C@H](CNC)NC(=O)OCc1ccccc1.Cl. The summed E-state index contributed by atoms with van der Waals surface area (Å²) in [6.07, 6.45) is 0.789. The molecule has 1 aromatic carbocycles. The first kappa shape index (κ1) is 19.9. The van der Waals surface area contributed by atoms with E-state index in [4.69, 9.17) is 9.47 Å². The Morgan fingerprint density at radius 1 is 1.27 bits per heavy atom. The summed E-state index contributed by atoms with van der Waals surface area (Å²) in [6, 6.07) is 8.47. The molecule has 0 fully saturated rings. The molecule has 1 atom stereocenters. The Bertz CT molecular complexity index is 468. The number of ether oxygens (including phenoxy) is 2. The highest BCUT2D eigenvalue weighted by Gasteiger charge is 2.21. The minimum atomic E-state index is -0.807. The fourth-order valence-electron chi connectivity index (χ4n) is 1.55. The number of hydrogen-bond donors (Lipinski definition) is 2. The lowest BCUT2D eigenvalue weighted by molar-refractivity contribution is -0.144. The average molecular weight is 329 g/mol. The first-order valence-electron chi connectivity index (χ1n) is 6.56. The van der Waals surface area contributed by atoms with Crippen molar-refractivity contribution < 1.29 is 19.1 Å². The summed E-state index contributed by atoms with van der Waals surface area (Å²) in [5, 5.41) is 5.27. The van der Waals surface area contributed by atoms with Crippen molar-refractivity contribution in [2.75, 3.05) is 20.2 Å². The van der Waals surface area contributed by atoms with Gasteiger partial charge in [-0.1, -0.05) is 43.0 Å². The van der Waals surface area contributed by atoms with E-state index in [9.17, 15) is 9.59 Å². The lowest BCUT2D eigenvalue weighted by Crippen LogP contribution is -2.47. The van der Waals surface area contributed by atoms with Gasteiger partial charge in [0.1, 0.15) is 19.3 Å². The van der Waals surface area contributed by atoms with Crippen LogP contribution in [0.4, 0.5) is 4.79 Å². The first-order chi connectivity index (χ1) is 10.2. The minimum Gasteiger partial charge on any atom is -0.460 e. The van der Waals surface area contributed by atoms with E-state index in [-0.39, 0.29) is 32.2 Å². The second-order valence-electron chi connectivity index (χ2n) is 4.24. The van der Waals surface area contributed by atoms with Gasteiger partial charge >= 0.3 is 12.1 Å². The maximum Gasteiger partial charge on any atom is 0.408 e. The first-order valence-corrected chi connectivity index (χ1v) is 6.56. The molecule has 0 aliphatic heterocycles. The average Bonchev–Trinajstić information content (AvgIpc) is 2.51. The van der Waals surface area contributed by atoms with E-state index in [1.165, 1.54) is 6.08 Å². The van der Waals surface area contributed by atoms with Gasteiger partial charge in [-0.3, -0.25) is 0 Å². The van der Waals surface area contributed by atoms with Crippen LogP contribution in [0, 0.1) is 0 Å². The number of alkyl carbamates (subject to hydrolysis) is 1. The third-order valence-electron chi connectivity index (χ3n) is 2.54. The number of hydrogen-bond acceptors (Lipinski definition) is 5. The molecule has 0 aliphatic carbocycles. The Labute approximate surface area is 136 Å². The smallest absolute Gasteiger partial charge is 0.408 e. The maximum atomic E-state index is 11.7. The van der Waals surface area contributed by atoms with Gasteiger partial charge in [-0.05, 0) is 12.6 Å². The van der Waals surface area contributed by atoms with Crippen LogP contribution in [0.2, 0.25) is 0 Å². The zero-order chi connectivity index (χ0) is 15.5. The van der Waals surface area contributed by atoms with Crippen molar-refractivity contribution in [3.63, 3.8) is 0 Å². The largest absolute Gasteiger partial charge is 0.460 e. The molecule has 1 amide bonds. The number of rotatable bonds is 8. The molecular weight excluding hydrogens is 308 g/mol. The van der Waals surface area contributed by atoms with Gasteiger partial charge in [-0.15, -0.1) is 12.4 Å². The van der Waals surface area contributed by atoms with Gasteiger partial charge < -0.3 is 20.1 Å². The number of halogens is 1. The van der Waals surface area contributed by atoms with E-state index in [1.54, 1.807) is 7.05 Å². The highest BCUT2D eigenvalue weighted by molar-refractivity contribution is 5.85. The molecule has 0 heterocycles. The Balaban J connectivity index is 0.00000441. The second kappa shape index (κ2) is 11.6. The molecule has 0 bridgehead atoms. The quantitative estimate of drug-likeness (QED) is 0.560. The zero-order valence-electron chi connectivity index (χ0n) is 12.4. The highest BCUT2D eigenvalue weighted by atomic mass is 35.5. The van der Waals surface area contributed by atoms with Gasteiger partial charge in [0.25, 0.3) is 0 Å². The molecule has 0 aromatic heterocycles. The summed E-state index contributed by atoms with van der Waals surface area (Å²) in [5.41, 5.74) is 0.868. The summed E-state index contributed by atoms with van der Waals surface area (Å²) in [5.74, 6) is -0.541. The van der Waals surface area contributed by atoms with Gasteiger partial charge in [0.2, 0.25) is 0 Å². The number of carbonyl (C=O) groups excluding carboxylic acids is 2. The summed E-state index contributed by atoms with van der Waals surface area (Å²) < 4.78 is 9.96. The van der Waals surface area contributed by atoms with Crippen LogP contribution in [0.1, 0.15) is 5.56 Å². The molecule has 0 radical (unpaired) electrons. The maximum absolute atomic E-state index is 11.7. The molecule has 7 heteroatoms. The van der Waals surface area contributed by atoms with Gasteiger partial charge in [0, 0.05) is 6.54 Å². The molecular formula is C15H21ClN2O4. The number of nitrogens with one attached hydrogen (secondary N) is 2. The van der Waals surface area contributed by atoms with Crippen LogP contribution in [-0.2, 0) is 20.9 Å². The summed E-state index contributed by atoms with van der Waals surface area (Å²) >= 11 is 0. The Hall–Kier alpha value is -2.05. The third kappa shape index (κ3) is 7.66. The van der Waals surface area contributed by atoms with Gasteiger partial charge in [0.05, 0.1) is 0 Å². The standard InChI is InChI=1S/C15H20N2O4.ClH/c1-3-9-20-14(18)13(10-16-2)17-15(19)21-11-12-7-5-4-6-8-12;/h3-8,13,16H,1,9-11H2,2H3,(H,17,19);1H/t13-;/m0./s1. The summed E-state index contributed by atoms with van der Waals surface area (Å²) in [4.78, 5) is 23.4. The van der Waals surface area contributed by atoms with E-state index >= 15 is 0 Å². The third-order valence-corrected chi connectivity index (χ3v) is 2.54. The molecule has 0 unspecified atom stereocenters. The zero-order valence-corrected chi connectivity index (χ0v) is 13.2. The Kier molecular flexibility index (Phi) is 10.5. The molecule has 122 valence electrons. The van der Waals surface area contributed by atoms with Gasteiger partial charge in [-0.2, -0.15) is 0 Å². The second-order valence-corrected chi connectivity index (χ2v) is 4.24. The van der Waals surface area contributed by atoms with E-state index < -0.39 is 18.1 Å². The molecule has 1 rings (SSSR count). The fourth-order valence-corrected chi connectivity index (χ4v) is 1.55. The van der Waals surface area contributed by atoms with Crippen molar-refractivity contribution >= 4 is 24.5 Å². The Morgan fingerprint density at radius 2 is 1.95 bits per heavy atom. The molecule has 0 saturated heterocycles. The molecule has 0 saturated carbocycles. The lowest BCUT2D eigenvalue weighted by Gasteiger charge is -2.16. The van der Waals surface area contributed by atoms with Crippen molar-refractivity contribution in [3.8, 4) is 0 Å². The summed E-state index contributed by atoms with van der Waals surface area (Å²) in [6.45, 7) is 3.94. The van der Waals surface area contributed by atoms with Crippen molar-refractivity contribution in [1.82, 2.24) is 10.6 Å². The predicted octanol–water partition coefficient (Wildman–Crippen LogP) is 1.65. The number of likely N-dealkylation sites (N-methyl/N-ethyl adjacent to an activating group) is 1. The van der Waals surface area contributed by atoms with Crippen molar-refractivity contribution in [2.24, 2.45) is 0 Å². The monoisotopic (exact) mass is 328 g/mol. The lowest BCUT2D eigenvalue weighted by atomic mass is 10.2. The van der Waals surface area contributed by atoms with Crippen LogP contribution in [-0.4, -0.2) is 38.3 Å². The Morgan fingerprint density at radius 3 is 2.55 bits per heavy atom. The summed E-state index contributed by atoms with van der Waals surface area (Å²) in [7, 11) is 1.67. The van der Waals surface area contributed by atoms with Crippen LogP contribution < -0.4 is 10.6 Å². The molecule has 6 nitrogen and oxygen atoms in total.